The minimum Gasteiger partial charge on any atom is -0.0885 e. The predicted molar refractivity (Wildman–Crippen MR) is 188 cm³/mol. The summed E-state index contributed by atoms with van der Waals surface area (Å²) in [4.78, 5) is 0. The second-order valence-corrected chi connectivity index (χ2v) is 8.64. The summed E-state index contributed by atoms with van der Waals surface area (Å²) in [6, 6.07) is 0. The Morgan fingerprint density at radius 2 is 0.553 bits per heavy atom. The van der Waals surface area contributed by atoms with Crippen LogP contribution in [0.2, 0.25) is 0 Å². The fraction of sp³-hybridized carbons (Fsp3) is 0.789. The van der Waals surface area contributed by atoms with Gasteiger partial charge in [-0.1, -0.05) is 124 Å². The first kappa shape index (κ1) is 49.9. The highest BCUT2D eigenvalue weighted by Gasteiger charge is 1.96. The van der Waals surface area contributed by atoms with Crippen LogP contribution in [0.5, 0.6) is 0 Å². The first-order chi connectivity index (χ1) is 18.2. The number of allylic oxidation sites excluding steroid dienone is 8. The lowest BCUT2D eigenvalue weighted by atomic mass is 10.0. The van der Waals surface area contributed by atoms with Crippen LogP contribution in [0, 0.1) is 0 Å². The van der Waals surface area contributed by atoms with Crippen molar-refractivity contribution in [3.8, 4) is 0 Å². The monoisotopic (exact) mass is 537 g/mol. The van der Waals surface area contributed by atoms with Crippen molar-refractivity contribution in [2.45, 2.75) is 200 Å². The van der Waals surface area contributed by atoms with E-state index in [2.05, 4.69) is 51.2 Å². The quantitative estimate of drug-likeness (QED) is 0.270. The predicted octanol–water partition coefficient (Wildman–Crippen LogP) is 15.4. The molecule has 0 saturated carbocycles. The zero-order chi connectivity index (χ0) is 29.6. The van der Waals surface area contributed by atoms with Crippen LogP contribution in [-0.4, -0.2) is 0 Å². The number of hydrogen-bond donors (Lipinski definition) is 0. The summed E-state index contributed by atoms with van der Waals surface area (Å²) in [5.41, 5.74) is 4.77. The highest BCUT2D eigenvalue weighted by atomic mass is 14.0. The zero-order valence-electron chi connectivity index (χ0n) is 28.7. The second-order valence-electron chi connectivity index (χ2n) is 8.64. The van der Waals surface area contributed by atoms with Gasteiger partial charge in [0.15, 0.2) is 0 Å². The molecule has 0 aromatic rings. The molecule has 0 amide bonds. The van der Waals surface area contributed by atoms with Crippen molar-refractivity contribution >= 4 is 0 Å². The molecule has 0 heterocycles. The molecule has 232 valence electrons. The molecule has 0 spiro atoms. The molecule has 0 N–H and O–H groups in total. The van der Waals surface area contributed by atoms with E-state index in [1.54, 1.807) is 16.7 Å². The molecule has 4 aliphatic carbocycles. The molecule has 4 aliphatic rings. The fourth-order valence-corrected chi connectivity index (χ4v) is 3.76. The molecule has 0 aromatic heterocycles. The Hall–Kier alpha value is -1.04. The Bertz CT molecular complexity index is 407. The molecule has 0 atom stereocenters. The Morgan fingerprint density at radius 1 is 0.342 bits per heavy atom. The van der Waals surface area contributed by atoms with E-state index in [1.165, 1.54) is 103 Å². The number of rotatable bonds is 0. The van der Waals surface area contributed by atoms with Crippen LogP contribution in [-0.2, 0) is 0 Å². The molecular weight excluding hydrogens is 456 g/mol. The van der Waals surface area contributed by atoms with Gasteiger partial charge in [0.05, 0.1) is 0 Å². The van der Waals surface area contributed by atoms with E-state index >= 15 is 0 Å². The van der Waals surface area contributed by atoms with E-state index < -0.39 is 0 Å². The molecule has 0 aliphatic heterocycles. The maximum atomic E-state index is 2.35. The third kappa shape index (κ3) is 48.1. The summed E-state index contributed by atoms with van der Waals surface area (Å²) in [6.45, 7) is 26.7. The highest BCUT2D eigenvalue weighted by Crippen LogP contribution is 2.16. The van der Waals surface area contributed by atoms with Gasteiger partial charge in [0, 0.05) is 0 Å². The topological polar surface area (TPSA) is 0 Å². The maximum Gasteiger partial charge on any atom is -0.0323 e. The smallest absolute Gasteiger partial charge is 0.0323 e. The average Bonchev–Trinajstić information content (AvgIpc) is 3.01. The summed E-state index contributed by atoms with van der Waals surface area (Å²) in [5, 5.41) is 0. The van der Waals surface area contributed by atoms with E-state index in [0.717, 1.165) is 0 Å². The standard InChI is InChI=1S/3C7H12.C6H10.5C2H6.CH4/c3*1-7-5-3-2-4-6-7;1-2-4-6-5-3-1;5*1-2;/h3*5H,2-4,6H2,1H3;1-2H,3-6H2;5*1-2H3;1H4. The van der Waals surface area contributed by atoms with Crippen LogP contribution in [0.25, 0.3) is 0 Å². The van der Waals surface area contributed by atoms with Crippen LogP contribution < -0.4 is 0 Å². The summed E-state index contributed by atoms with van der Waals surface area (Å²) in [6.07, 6.45) is 33.6. The number of hydrogen-bond acceptors (Lipinski definition) is 0. The molecule has 0 bridgehead atoms. The lowest BCUT2D eigenvalue weighted by Gasteiger charge is -2.05. The van der Waals surface area contributed by atoms with Crippen molar-refractivity contribution in [2.75, 3.05) is 0 Å². The van der Waals surface area contributed by atoms with Crippen LogP contribution >= 0.6 is 0 Å². The molecule has 0 nitrogen and oxygen atoms in total. The fourth-order valence-electron chi connectivity index (χ4n) is 3.76. The van der Waals surface area contributed by atoms with E-state index in [-0.39, 0.29) is 7.43 Å². The SMILES string of the molecule is C.C1=CCCCC1.CC.CC.CC.CC.CC.CC1=CCCCC1.CC1=CCCCC1.CC1=CCCCC1. The maximum absolute atomic E-state index is 2.35. The largest absolute Gasteiger partial charge is 0.0885 e. The third-order valence-corrected chi connectivity index (χ3v) is 5.71. The van der Waals surface area contributed by atoms with Gasteiger partial charge in [-0.05, 0) is 124 Å². The van der Waals surface area contributed by atoms with Gasteiger partial charge in [0.1, 0.15) is 0 Å². The summed E-state index contributed by atoms with van der Waals surface area (Å²) < 4.78 is 0. The summed E-state index contributed by atoms with van der Waals surface area (Å²) in [7, 11) is 0. The first-order valence-corrected chi connectivity index (χ1v) is 16.8. The van der Waals surface area contributed by atoms with Gasteiger partial charge in [0.2, 0.25) is 0 Å². The minimum absolute atomic E-state index is 0. The second kappa shape index (κ2) is 52.4. The third-order valence-electron chi connectivity index (χ3n) is 5.71. The zero-order valence-corrected chi connectivity index (χ0v) is 28.7. The van der Waals surface area contributed by atoms with E-state index in [9.17, 15) is 0 Å². The van der Waals surface area contributed by atoms with Gasteiger partial charge < -0.3 is 0 Å². The molecule has 0 radical (unpaired) electrons. The van der Waals surface area contributed by atoms with Crippen molar-refractivity contribution in [2.24, 2.45) is 0 Å². The first-order valence-electron chi connectivity index (χ1n) is 16.8. The van der Waals surface area contributed by atoms with Gasteiger partial charge >= 0.3 is 0 Å². The molecular formula is C38H80. The molecule has 0 unspecified atom stereocenters. The van der Waals surface area contributed by atoms with Gasteiger partial charge in [-0.3, -0.25) is 0 Å². The van der Waals surface area contributed by atoms with E-state index in [1.807, 2.05) is 69.2 Å². The Labute approximate surface area is 247 Å². The van der Waals surface area contributed by atoms with Gasteiger partial charge in [0.25, 0.3) is 0 Å². The van der Waals surface area contributed by atoms with Crippen molar-refractivity contribution in [3.05, 3.63) is 47.1 Å². The Kier molecular flexibility index (Phi) is 68.8. The molecule has 0 saturated heterocycles. The highest BCUT2D eigenvalue weighted by molar-refractivity contribution is 5.01. The van der Waals surface area contributed by atoms with Crippen molar-refractivity contribution < 1.29 is 0 Å². The minimum atomic E-state index is 0. The molecule has 0 heteroatoms. The molecule has 0 fully saturated rings. The van der Waals surface area contributed by atoms with E-state index in [0.29, 0.717) is 0 Å². The Morgan fingerprint density at radius 3 is 0.632 bits per heavy atom. The van der Waals surface area contributed by atoms with Crippen LogP contribution in [0.4, 0.5) is 0 Å². The van der Waals surface area contributed by atoms with Gasteiger partial charge in [-0.15, -0.1) is 0 Å². The van der Waals surface area contributed by atoms with Gasteiger partial charge in [-0.25, -0.2) is 0 Å². The molecule has 0 aromatic carbocycles. The van der Waals surface area contributed by atoms with Crippen molar-refractivity contribution in [1.29, 1.82) is 0 Å². The van der Waals surface area contributed by atoms with Crippen LogP contribution in [0.15, 0.2) is 47.1 Å². The lowest BCUT2D eigenvalue weighted by molar-refractivity contribution is 0.701. The normalized spacial score (nSPS) is 16.1. The van der Waals surface area contributed by atoms with Crippen LogP contribution in [0.3, 0.4) is 0 Å². The average molecular weight is 537 g/mol. The summed E-state index contributed by atoms with van der Waals surface area (Å²) in [5.74, 6) is 0. The molecule has 38 heavy (non-hydrogen) atoms. The Balaban J connectivity index is -0.0000000803. The summed E-state index contributed by atoms with van der Waals surface area (Å²) >= 11 is 0. The van der Waals surface area contributed by atoms with Crippen molar-refractivity contribution in [3.63, 3.8) is 0 Å². The molecule has 4 rings (SSSR count). The van der Waals surface area contributed by atoms with Crippen molar-refractivity contribution in [1.82, 2.24) is 0 Å². The van der Waals surface area contributed by atoms with E-state index in [4.69, 9.17) is 0 Å². The van der Waals surface area contributed by atoms with Gasteiger partial charge in [-0.2, -0.15) is 0 Å². The van der Waals surface area contributed by atoms with Crippen LogP contribution in [0.1, 0.15) is 200 Å². The lowest BCUT2D eigenvalue weighted by Crippen LogP contribution is -1.85.